The van der Waals surface area contributed by atoms with Gasteiger partial charge < -0.3 is 20.5 Å². The van der Waals surface area contributed by atoms with Crippen molar-refractivity contribution >= 4 is 23.7 Å². The number of anilines is 1. The number of benzene rings is 3. The molecule has 0 aromatic heterocycles. The van der Waals surface area contributed by atoms with E-state index >= 15 is 0 Å². The van der Waals surface area contributed by atoms with E-state index in [4.69, 9.17) is 9.84 Å². The number of aromatic carboxylic acids is 1. The average molecular weight is 476 g/mol. The number of rotatable bonds is 5. The number of hydrogen-bond acceptors (Lipinski definition) is 4. The van der Waals surface area contributed by atoms with Crippen LogP contribution in [0.4, 0.5) is 19.3 Å². The number of carbonyl (C=O) groups excluding carboxylic acids is 2. The van der Waals surface area contributed by atoms with Crippen LogP contribution in [-0.4, -0.2) is 36.2 Å². The molecular formula is C26H18F2N2O5. The predicted octanol–water partition coefficient (Wildman–Crippen LogP) is 4.14. The topological polar surface area (TPSA) is 105 Å². The minimum Gasteiger partial charge on any atom is -0.478 e. The Morgan fingerprint density at radius 3 is 2.17 bits per heavy atom. The second-order valence-electron chi connectivity index (χ2n) is 7.55. The zero-order valence-electron chi connectivity index (χ0n) is 18.1. The molecule has 4 rings (SSSR count). The Labute approximate surface area is 198 Å². The monoisotopic (exact) mass is 476 g/mol. The summed E-state index contributed by atoms with van der Waals surface area (Å²) in [5, 5.41) is 13.6. The lowest BCUT2D eigenvalue weighted by molar-refractivity contribution is -0.111. The third-order valence-electron chi connectivity index (χ3n) is 5.41. The third-order valence-corrected chi connectivity index (χ3v) is 5.41. The highest BCUT2D eigenvalue weighted by Crippen LogP contribution is 2.44. The molecule has 0 saturated carbocycles. The number of amides is 2. The van der Waals surface area contributed by atoms with E-state index in [0.29, 0.717) is 12.1 Å². The van der Waals surface area contributed by atoms with Gasteiger partial charge in [0.15, 0.2) is 11.6 Å². The van der Waals surface area contributed by atoms with Gasteiger partial charge in [0.2, 0.25) is 0 Å². The first-order valence-electron chi connectivity index (χ1n) is 10.5. The summed E-state index contributed by atoms with van der Waals surface area (Å²) in [5.41, 5.74) is 3.25. The van der Waals surface area contributed by atoms with Crippen molar-refractivity contribution < 1.29 is 33.0 Å². The number of carboxylic acids is 1. The number of alkyl carbamates (subject to hydrolysis) is 1. The molecular weight excluding hydrogens is 458 g/mol. The Bertz CT molecular complexity index is 1350. The summed E-state index contributed by atoms with van der Waals surface area (Å²) < 4.78 is 32.0. The number of ether oxygens (including phenoxy) is 1. The van der Waals surface area contributed by atoms with Gasteiger partial charge in [0.1, 0.15) is 6.61 Å². The molecule has 176 valence electrons. The molecule has 2 amide bonds. The zero-order chi connectivity index (χ0) is 24.9. The van der Waals surface area contributed by atoms with Crippen LogP contribution in [0.1, 0.15) is 27.4 Å². The molecule has 0 unspecified atom stereocenters. The molecule has 0 fully saturated rings. The number of fused-ring (bicyclic) bond motifs is 3. The maximum Gasteiger partial charge on any atom is 0.407 e. The lowest BCUT2D eigenvalue weighted by atomic mass is 9.98. The van der Waals surface area contributed by atoms with Gasteiger partial charge in [-0.15, -0.1) is 0 Å². The molecule has 7 nitrogen and oxygen atoms in total. The van der Waals surface area contributed by atoms with Crippen LogP contribution < -0.4 is 10.6 Å². The maximum atomic E-state index is 13.4. The molecule has 3 N–H and O–H groups in total. The van der Waals surface area contributed by atoms with E-state index in [1.807, 2.05) is 48.5 Å². The van der Waals surface area contributed by atoms with Gasteiger partial charge in [-0.25, -0.2) is 18.4 Å². The molecule has 0 heterocycles. The standard InChI is InChI=1S/C26H18F2N2O5/c27-21-12-19(25(32)33)23(13-22(21)28)30-24(31)10-5-11-29-26(34)35-14-20-17-8-3-1-6-15(17)16-7-2-4-9-18(16)20/h1-4,6-9,12-13,20H,11,14H2,(H,29,34)(H,30,31)(H,32,33). The van der Waals surface area contributed by atoms with Gasteiger partial charge in [-0.1, -0.05) is 54.5 Å². The molecule has 0 saturated heterocycles. The fraction of sp³-hybridized carbons (Fsp3) is 0.115. The summed E-state index contributed by atoms with van der Waals surface area (Å²) in [6.45, 7) is -0.116. The first-order valence-corrected chi connectivity index (χ1v) is 10.5. The molecule has 0 radical (unpaired) electrons. The van der Waals surface area contributed by atoms with Crippen molar-refractivity contribution in [3.63, 3.8) is 0 Å². The molecule has 1 aliphatic carbocycles. The van der Waals surface area contributed by atoms with Gasteiger partial charge >= 0.3 is 12.1 Å². The first-order chi connectivity index (χ1) is 16.8. The smallest absolute Gasteiger partial charge is 0.407 e. The van der Waals surface area contributed by atoms with Crippen LogP contribution in [0.25, 0.3) is 11.1 Å². The van der Waals surface area contributed by atoms with E-state index in [9.17, 15) is 23.2 Å². The van der Waals surface area contributed by atoms with Crippen LogP contribution >= 0.6 is 0 Å². The maximum absolute atomic E-state index is 13.4. The van der Waals surface area contributed by atoms with Gasteiger partial charge in [-0.05, 0) is 34.2 Å². The van der Waals surface area contributed by atoms with Crippen molar-refractivity contribution in [2.45, 2.75) is 5.92 Å². The van der Waals surface area contributed by atoms with Crippen molar-refractivity contribution in [3.05, 3.63) is 89.0 Å². The van der Waals surface area contributed by atoms with Crippen molar-refractivity contribution in [2.75, 3.05) is 18.5 Å². The second kappa shape index (κ2) is 10.1. The van der Waals surface area contributed by atoms with Crippen LogP contribution in [0.3, 0.4) is 0 Å². The summed E-state index contributed by atoms with van der Waals surface area (Å²) in [4.78, 5) is 35.2. The largest absolute Gasteiger partial charge is 0.478 e. The SMILES string of the molecule is O=C(C#CCNC(=O)OCC1c2ccccc2-c2ccccc21)Nc1cc(F)c(F)cc1C(=O)O. The van der Waals surface area contributed by atoms with Gasteiger partial charge in [0.25, 0.3) is 5.91 Å². The highest BCUT2D eigenvalue weighted by Gasteiger charge is 2.28. The zero-order valence-corrected chi connectivity index (χ0v) is 18.1. The molecule has 0 aliphatic heterocycles. The molecule has 0 bridgehead atoms. The van der Waals surface area contributed by atoms with Crippen molar-refractivity contribution in [1.82, 2.24) is 5.32 Å². The fourth-order valence-corrected chi connectivity index (χ4v) is 3.87. The molecule has 9 heteroatoms. The van der Waals surface area contributed by atoms with Gasteiger partial charge in [0.05, 0.1) is 17.8 Å². The van der Waals surface area contributed by atoms with E-state index in [2.05, 4.69) is 22.5 Å². The number of carboxylic acid groups (broad SMARTS) is 1. The van der Waals surface area contributed by atoms with Crippen molar-refractivity contribution in [2.24, 2.45) is 0 Å². The first kappa shape index (κ1) is 23.4. The minimum atomic E-state index is -1.55. The highest BCUT2D eigenvalue weighted by atomic mass is 19.2. The van der Waals surface area contributed by atoms with Crippen LogP contribution in [-0.2, 0) is 9.53 Å². The molecule has 0 atom stereocenters. The normalized spacial score (nSPS) is 11.5. The predicted molar refractivity (Wildman–Crippen MR) is 123 cm³/mol. The number of halogens is 2. The summed E-state index contributed by atoms with van der Waals surface area (Å²) in [6, 6.07) is 16.8. The lowest BCUT2D eigenvalue weighted by Gasteiger charge is -2.14. The van der Waals surface area contributed by atoms with Crippen molar-refractivity contribution in [1.29, 1.82) is 0 Å². The molecule has 3 aromatic carbocycles. The Kier molecular flexibility index (Phi) is 6.73. The quantitative estimate of drug-likeness (QED) is 0.480. The Hall–Kier alpha value is -4.71. The molecule has 0 spiro atoms. The molecule has 1 aliphatic rings. The van der Waals surface area contributed by atoms with E-state index in [1.54, 1.807) is 0 Å². The van der Waals surface area contributed by atoms with Gasteiger partial charge in [0, 0.05) is 12.0 Å². The fourth-order valence-electron chi connectivity index (χ4n) is 3.87. The Morgan fingerprint density at radius 1 is 0.943 bits per heavy atom. The summed E-state index contributed by atoms with van der Waals surface area (Å²) in [6.07, 6.45) is -0.727. The lowest BCUT2D eigenvalue weighted by Crippen LogP contribution is -2.26. The number of nitrogens with one attached hydrogen (secondary N) is 2. The number of carbonyl (C=O) groups is 3. The van der Waals surface area contributed by atoms with Gasteiger partial charge in [-0.3, -0.25) is 4.79 Å². The van der Waals surface area contributed by atoms with Crippen LogP contribution in [0.5, 0.6) is 0 Å². The molecule has 3 aromatic rings. The van der Waals surface area contributed by atoms with E-state index in [0.717, 1.165) is 22.3 Å². The average Bonchev–Trinajstić information content (AvgIpc) is 3.16. The van der Waals surface area contributed by atoms with Crippen LogP contribution in [0.15, 0.2) is 60.7 Å². The second-order valence-corrected chi connectivity index (χ2v) is 7.55. The minimum absolute atomic E-state index is 0.107. The summed E-state index contributed by atoms with van der Waals surface area (Å²) in [5.74, 6) is -0.798. The van der Waals surface area contributed by atoms with Crippen LogP contribution in [0.2, 0.25) is 0 Å². The Balaban J connectivity index is 1.31. The van der Waals surface area contributed by atoms with Gasteiger partial charge in [-0.2, -0.15) is 0 Å². The Morgan fingerprint density at radius 2 is 1.54 bits per heavy atom. The molecule has 35 heavy (non-hydrogen) atoms. The van der Waals surface area contributed by atoms with Crippen LogP contribution in [0, 0.1) is 23.5 Å². The number of hydrogen-bond donors (Lipinski definition) is 3. The summed E-state index contributed by atoms with van der Waals surface area (Å²) >= 11 is 0. The van der Waals surface area contributed by atoms with Crippen molar-refractivity contribution in [3.8, 4) is 23.0 Å². The van der Waals surface area contributed by atoms with E-state index in [1.165, 1.54) is 0 Å². The summed E-state index contributed by atoms with van der Waals surface area (Å²) in [7, 11) is 0. The van der Waals surface area contributed by atoms with E-state index < -0.39 is 40.9 Å². The highest BCUT2D eigenvalue weighted by molar-refractivity contribution is 6.07. The van der Waals surface area contributed by atoms with E-state index in [-0.39, 0.29) is 19.1 Å². The third kappa shape index (κ3) is 5.12.